The van der Waals surface area contributed by atoms with Crippen LogP contribution in [0, 0.1) is 6.92 Å². The van der Waals surface area contributed by atoms with Gasteiger partial charge in [0.2, 0.25) is 5.91 Å². The number of nitrogens with zero attached hydrogens (tertiary/aromatic N) is 4. The quantitative estimate of drug-likeness (QED) is 0.744. The lowest BCUT2D eigenvalue weighted by atomic mass is 10.2. The molecule has 23 heavy (non-hydrogen) atoms. The van der Waals surface area contributed by atoms with Crippen molar-refractivity contribution in [1.82, 2.24) is 19.4 Å². The summed E-state index contributed by atoms with van der Waals surface area (Å²) in [6.07, 6.45) is 3.26. The van der Waals surface area contributed by atoms with E-state index in [1.54, 1.807) is 17.5 Å². The number of carbonyl (C=O) groups is 1. The third kappa shape index (κ3) is 2.63. The predicted molar refractivity (Wildman–Crippen MR) is 90.5 cm³/mol. The van der Waals surface area contributed by atoms with Crippen molar-refractivity contribution in [3.8, 4) is 0 Å². The van der Waals surface area contributed by atoms with Crippen molar-refractivity contribution < 1.29 is 4.79 Å². The van der Waals surface area contributed by atoms with Gasteiger partial charge >= 0.3 is 0 Å². The van der Waals surface area contributed by atoms with Crippen LogP contribution < -0.4 is 0 Å². The zero-order chi connectivity index (χ0) is 15.8. The van der Waals surface area contributed by atoms with Crippen LogP contribution in [0.15, 0.2) is 35.8 Å². The molecule has 3 aromatic rings. The van der Waals surface area contributed by atoms with E-state index >= 15 is 0 Å². The van der Waals surface area contributed by atoms with Crippen LogP contribution in [0.5, 0.6) is 0 Å². The standard InChI is InChI=1S/C17H18N4OS/c1-12-19-15-5-2-7-18-17(15)21(12)13-6-8-20(11-13)16(22)10-14-4-3-9-23-14/h2-5,7,9,13H,6,8,10-11H2,1H3/t13-/m0/s1. The van der Waals surface area contributed by atoms with Crippen molar-refractivity contribution >= 4 is 28.4 Å². The monoisotopic (exact) mass is 326 g/mol. The molecule has 5 nitrogen and oxygen atoms in total. The molecule has 1 saturated heterocycles. The second-order valence-corrected chi connectivity index (χ2v) is 6.95. The minimum atomic E-state index is 0.213. The SMILES string of the molecule is Cc1nc2cccnc2n1[C@H]1CCN(C(=O)Cc2cccs2)C1. The van der Waals surface area contributed by atoms with Crippen LogP contribution in [0.3, 0.4) is 0 Å². The number of pyridine rings is 1. The van der Waals surface area contributed by atoms with Gasteiger partial charge in [-0.3, -0.25) is 4.79 Å². The van der Waals surface area contributed by atoms with Crippen LogP contribution in [0.2, 0.25) is 0 Å². The van der Waals surface area contributed by atoms with Gasteiger partial charge in [0, 0.05) is 24.2 Å². The van der Waals surface area contributed by atoms with Crippen molar-refractivity contribution in [3.05, 3.63) is 46.5 Å². The van der Waals surface area contributed by atoms with Crippen molar-refractivity contribution in [2.24, 2.45) is 0 Å². The van der Waals surface area contributed by atoms with Gasteiger partial charge in [-0.1, -0.05) is 6.07 Å². The zero-order valence-electron chi connectivity index (χ0n) is 13.0. The Hall–Kier alpha value is -2.21. The molecule has 0 spiro atoms. The number of fused-ring (bicyclic) bond motifs is 1. The highest BCUT2D eigenvalue weighted by molar-refractivity contribution is 7.10. The maximum absolute atomic E-state index is 12.5. The average molecular weight is 326 g/mol. The molecule has 6 heteroatoms. The van der Waals surface area contributed by atoms with Gasteiger partial charge in [0.05, 0.1) is 12.5 Å². The van der Waals surface area contributed by atoms with Crippen molar-refractivity contribution in [3.63, 3.8) is 0 Å². The number of amides is 1. The molecule has 0 aliphatic carbocycles. The van der Waals surface area contributed by atoms with E-state index in [4.69, 9.17) is 0 Å². The fourth-order valence-electron chi connectivity index (χ4n) is 3.33. The van der Waals surface area contributed by atoms with Crippen molar-refractivity contribution in [2.75, 3.05) is 13.1 Å². The molecule has 1 aliphatic rings. The minimum absolute atomic E-state index is 0.213. The smallest absolute Gasteiger partial charge is 0.227 e. The lowest BCUT2D eigenvalue weighted by Gasteiger charge is -2.18. The maximum Gasteiger partial charge on any atom is 0.227 e. The predicted octanol–water partition coefficient (Wildman–Crippen LogP) is 2.82. The molecule has 0 radical (unpaired) electrons. The topological polar surface area (TPSA) is 51.0 Å². The first-order valence-corrected chi connectivity index (χ1v) is 8.70. The Kier molecular flexibility index (Phi) is 3.61. The highest BCUT2D eigenvalue weighted by Gasteiger charge is 2.29. The Morgan fingerprint density at radius 1 is 1.39 bits per heavy atom. The van der Waals surface area contributed by atoms with E-state index in [0.29, 0.717) is 6.42 Å². The molecule has 1 atom stereocenters. The lowest BCUT2D eigenvalue weighted by molar-refractivity contribution is -0.129. The fraction of sp³-hybridized carbons (Fsp3) is 0.353. The second-order valence-electron chi connectivity index (χ2n) is 5.91. The van der Waals surface area contributed by atoms with Crippen molar-refractivity contribution in [2.45, 2.75) is 25.8 Å². The van der Waals surface area contributed by atoms with Gasteiger partial charge in [0.25, 0.3) is 0 Å². The summed E-state index contributed by atoms with van der Waals surface area (Å²) in [6.45, 7) is 3.56. The molecule has 1 aliphatic heterocycles. The Morgan fingerprint density at radius 3 is 3.13 bits per heavy atom. The van der Waals surface area contributed by atoms with E-state index in [9.17, 15) is 4.79 Å². The molecular formula is C17H18N4OS. The number of hydrogen-bond donors (Lipinski definition) is 0. The van der Waals surface area contributed by atoms with E-state index in [2.05, 4.69) is 14.5 Å². The number of rotatable bonds is 3. The summed E-state index contributed by atoms with van der Waals surface area (Å²) in [6, 6.07) is 8.17. The Morgan fingerprint density at radius 2 is 2.30 bits per heavy atom. The molecule has 3 aromatic heterocycles. The zero-order valence-corrected chi connectivity index (χ0v) is 13.8. The number of aryl methyl sites for hydroxylation is 1. The minimum Gasteiger partial charge on any atom is -0.340 e. The van der Waals surface area contributed by atoms with Crippen molar-refractivity contribution in [1.29, 1.82) is 0 Å². The summed E-state index contributed by atoms with van der Waals surface area (Å²) in [4.78, 5) is 24.6. The molecule has 0 N–H and O–H groups in total. The molecule has 0 unspecified atom stereocenters. The average Bonchev–Trinajstić information content (AvgIpc) is 3.25. The van der Waals surface area contributed by atoms with E-state index in [1.807, 2.05) is 41.5 Å². The number of likely N-dealkylation sites (tertiary alicyclic amines) is 1. The molecule has 0 aromatic carbocycles. The molecule has 4 heterocycles. The van der Waals surface area contributed by atoms with Crippen LogP contribution in [-0.4, -0.2) is 38.4 Å². The lowest BCUT2D eigenvalue weighted by Crippen LogP contribution is -2.30. The van der Waals surface area contributed by atoms with E-state index in [0.717, 1.165) is 41.4 Å². The molecule has 0 bridgehead atoms. The Bertz CT molecular complexity index is 840. The number of carbonyl (C=O) groups excluding carboxylic acids is 1. The number of hydrogen-bond acceptors (Lipinski definition) is 4. The van der Waals surface area contributed by atoms with Gasteiger partial charge < -0.3 is 9.47 Å². The maximum atomic E-state index is 12.5. The summed E-state index contributed by atoms with van der Waals surface area (Å²) in [5.74, 6) is 1.18. The number of aromatic nitrogens is 3. The van der Waals surface area contributed by atoms with E-state index < -0.39 is 0 Å². The van der Waals surface area contributed by atoms with E-state index in [1.165, 1.54) is 0 Å². The van der Waals surface area contributed by atoms with Gasteiger partial charge in [-0.25, -0.2) is 9.97 Å². The van der Waals surface area contributed by atoms with Gasteiger partial charge in [0.1, 0.15) is 11.3 Å². The number of thiophene rings is 1. The van der Waals surface area contributed by atoms with Crippen LogP contribution in [0.4, 0.5) is 0 Å². The molecule has 4 rings (SSSR count). The molecule has 118 valence electrons. The van der Waals surface area contributed by atoms with Gasteiger partial charge in [-0.05, 0) is 36.9 Å². The first-order valence-electron chi connectivity index (χ1n) is 7.82. The largest absolute Gasteiger partial charge is 0.340 e. The summed E-state index contributed by atoms with van der Waals surface area (Å²) >= 11 is 1.64. The normalized spacial score (nSPS) is 18.0. The third-order valence-corrected chi connectivity index (χ3v) is 5.29. The Balaban J connectivity index is 1.53. The highest BCUT2D eigenvalue weighted by Crippen LogP contribution is 2.27. The molecular weight excluding hydrogens is 308 g/mol. The fourth-order valence-corrected chi connectivity index (χ4v) is 4.03. The van der Waals surface area contributed by atoms with Crippen LogP contribution in [-0.2, 0) is 11.2 Å². The highest BCUT2D eigenvalue weighted by atomic mass is 32.1. The van der Waals surface area contributed by atoms with Crippen LogP contribution in [0.1, 0.15) is 23.2 Å². The molecule has 0 saturated carbocycles. The molecule has 1 fully saturated rings. The second kappa shape index (κ2) is 5.77. The van der Waals surface area contributed by atoms with Gasteiger partial charge in [-0.15, -0.1) is 11.3 Å². The molecule has 1 amide bonds. The van der Waals surface area contributed by atoms with Crippen LogP contribution in [0.25, 0.3) is 11.2 Å². The first-order chi connectivity index (χ1) is 11.2. The number of imidazole rings is 1. The summed E-state index contributed by atoms with van der Waals surface area (Å²) in [5.41, 5.74) is 1.84. The van der Waals surface area contributed by atoms with E-state index in [-0.39, 0.29) is 11.9 Å². The summed E-state index contributed by atoms with van der Waals surface area (Å²) < 4.78 is 2.19. The first kappa shape index (κ1) is 14.4. The summed E-state index contributed by atoms with van der Waals surface area (Å²) in [5, 5.41) is 2.02. The van der Waals surface area contributed by atoms with Gasteiger partial charge in [0.15, 0.2) is 5.65 Å². The third-order valence-electron chi connectivity index (χ3n) is 4.41. The van der Waals surface area contributed by atoms with Gasteiger partial charge in [-0.2, -0.15) is 0 Å². The van der Waals surface area contributed by atoms with Crippen LogP contribution >= 0.6 is 11.3 Å². The summed E-state index contributed by atoms with van der Waals surface area (Å²) in [7, 11) is 0. The Labute approximate surface area is 138 Å².